The van der Waals surface area contributed by atoms with Crippen molar-refractivity contribution < 1.29 is 47.4 Å². The molecule has 1 saturated heterocycles. The first-order valence-electron chi connectivity index (χ1n) is 13.4. The molecule has 2 amide bonds. The Hall–Kier alpha value is -4.30. The van der Waals surface area contributed by atoms with E-state index in [2.05, 4.69) is 5.32 Å². The fraction of sp³-hybridized carbons (Fsp3) is 0.414. The van der Waals surface area contributed by atoms with Crippen LogP contribution in [0.5, 0.6) is 0 Å². The number of halogens is 3. The van der Waals surface area contributed by atoms with Crippen molar-refractivity contribution in [1.29, 1.82) is 0 Å². The highest BCUT2D eigenvalue weighted by molar-refractivity contribution is 6.13. The van der Waals surface area contributed by atoms with E-state index < -0.39 is 35.8 Å². The Morgan fingerprint density at radius 2 is 1.58 bits per heavy atom. The molecule has 0 spiro atoms. The van der Waals surface area contributed by atoms with Crippen LogP contribution in [0.1, 0.15) is 63.6 Å². The van der Waals surface area contributed by atoms with E-state index in [0.717, 1.165) is 18.4 Å². The number of nitrogens with zero attached hydrogens (tertiary/aromatic N) is 1. The molecule has 43 heavy (non-hydrogen) atoms. The number of rotatable bonds is 7. The minimum atomic E-state index is -5.08. The van der Waals surface area contributed by atoms with Crippen molar-refractivity contribution in [3.8, 4) is 0 Å². The predicted molar refractivity (Wildman–Crippen MR) is 149 cm³/mol. The van der Waals surface area contributed by atoms with Crippen LogP contribution in [0.3, 0.4) is 0 Å². The summed E-state index contributed by atoms with van der Waals surface area (Å²) < 4.78 is 31.7. The van der Waals surface area contributed by atoms with Gasteiger partial charge in [-0.05, 0) is 80.1 Å². The molecule has 234 valence electrons. The number of piperidine rings is 1. The molecule has 2 aliphatic rings. The predicted octanol–water partition coefficient (Wildman–Crippen LogP) is 2.29. The number of hydrogen-bond acceptors (Lipinski definition) is 7. The monoisotopic (exact) mass is 608 g/mol. The third-order valence-corrected chi connectivity index (χ3v) is 6.90. The van der Waals surface area contributed by atoms with Gasteiger partial charge in [0.05, 0.1) is 0 Å². The van der Waals surface area contributed by atoms with Crippen LogP contribution in [0.25, 0.3) is 0 Å². The van der Waals surface area contributed by atoms with Gasteiger partial charge >= 0.3 is 18.1 Å². The minimum Gasteiger partial charge on any atom is -0.479 e. The number of nitrogens with two attached hydrogens (primary N) is 2. The molecule has 0 bridgehead atoms. The SMILES string of the molecule is CC(=O)N(C1CCNCC1)[C@H](C(=O)O)C(=O)c1cccc(CN)c1.NC(=O)c1ccc2c(c1)CCC2.O=C(O)C(F)(F)F. The molecule has 0 aromatic heterocycles. The highest BCUT2D eigenvalue weighted by Crippen LogP contribution is 2.23. The second-order valence-electron chi connectivity index (χ2n) is 9.92. The van der Waals surface area contributed by atoms with Crippen molar-refractivity contribution in [3.05, 3.63) is 70.3 Å². The Bertz CT molecular complexity index is 1330. The second-order valence-corrected chi connectivity index (χ2v) is 9.92. The minimum absolute atomic E-state index is 0.254. The van der Waals surface area contributed by atoms with Crippen molar-refractivity contribution in [2.75, 3.05) is 13.1 Å². The molecular weight excluding hydrogens is 573 g/mol. The van der Waals surface area contributed by atoms with E-state index in [4.69, 9.17) is 21.4 Å². The number of primary amides is 1. The smallest absolute Gasteiger partial charge is 0.479 e. The first-order valence-corrected chi connectivity index (χ1v) is 13.4. The molecular formula is C29H35F3N4O7. The first-order chi connectivity index (χ1) is 20.2. The Labute approximate surface area is 246 Å². The van der Waals surface area contributed by atoms with Crippen LogP contribution in [-0.2, 0) is 33.8 Å². The number of carbonyl (C=O) groups excluding carboxylic acids is 3. The molecule has 4 rings (SSSR count). The molecule has 1 aliphatic heterocycles. The molecule has 1 atom stereocenters. The summed E-state index contributed by atoms with van der Waals surface area (Å²) >= 11 is 0. The molecule has 1 heterocycles. The lowest BCUT2D eigenvalue weighted by atomic mass is 9.96. The van der Waals surface area contributed by atoms with E-state index >= 15 is 0 Å². The number of carbonyl (C=O) groups is 5. The number of ketones is 1. The third kappa shape index (κ3) is 10.2. The summed E-state index contributed by atoms with van der Waals surface area (Å²) in [5.41, 5.74) is 15.0. The van der Waals surface area contributed by atoms with Crippen molar-refractivity contribution >= 4 is 29.5 Å². The molecule has 0 radical (unpaired) electrons. The number of nitrogens with one attached hydrogen (secondary N) is 1. The number of benzene rings is 2. The summed E-state index contributed by atoms with van der Waals surface area (Å²) in [4.78, 5) is 57.7. The van der Waals surface area contributed by atoms with Crippen LogP contribution in [0.4, 0.5) is 13.2 Å². The van der Waals surface area contributed by atoms with Gasteiger partial charge in [0.1, 0.15) is 0 Å². The number of amides is 2. The maximum absolute atomic E-state index is 12.8. The highest BCUT2D eigenvalue weighted by atomic mass is 19.4. The summed E-state index contributed by atoms with van der Waals surface area (Å²) in [6.07, 6.45) is -0.388. The number of aliphatic carboxylic acids is 2. The Balaban J connectivity index is 0.000000279. The van der Waals surface area contributed by atoms with E-state index in [9.17, 15) is 37.5 Å². The van der Waals surface area contributed by atoms with Gasteiger partial charge in [0.25, 0.3) is 0 Å². The second kappa shape index (κ2) is 15.8. The molecule has 0 unspecified atom stereocenters. The van der Waals surface area contributed by atoms with Crippen molar-refractivity contribution in [1.82, 2.24) is 10.2 Å². The lowest BCUT2D eigenvalue weighted by molar-refractivity contribution is -0.192. The van der Waals surface area contributed by atoms with Gasteiger partial charge in [-0.15, -0.1) is 0 Å². The van der Waals surface area contributed by atoms with Crippen LogP contribution >= 0.6 is 0 Å². The molecule has 11 nitrogen and oxygen atoms in total. The highest BCUT2D eigenvalue weighted by Gasteiger charge is 2.40. The number of aryl methyl sites for hydroxylation is 2. The molecule has 7 N–H and O–H groups in total. The Kier molecular flexibility index (Phi) is 12.8. The zero-order valence-corrected chi connectivity index (χ0v) is 23.5. The van der Waals surface area contributed by atoms with E-state index in [1.54, 1.807) is 24.3 Å². The van der Waals surface area contributed by atoms with E-state index in [0.29, 0.717) is 31.5 Å². The zero-order valence-electron chi connectivity index (χ0n) is 23.5. The van der Waals surface area contributed by atoms with Gasteiger partial charge in [0, 0.05) is 30.6 Å². The van der Waals surface area contributed by atoms with Gasteiger partial charge in [-0.1, -0.05) is 24.3 Å². The number of carboxylic acid groups (broad SMARTS) is 2. The standard InChI is InChI=1S/C17H23N3O4.C10H11NO.C2HF3O2/c1-11(21)20(14-5-7-19-8-6-14)15(17(23)24)16(22)13-4-2-3-12(9-13)10-18;11-10(12)9-5-4-7-2-1-3-8(7)6-9;3-2(4,5)1(6)7/h2-4,9,14-15,19H,5-8,10,18H2,1H3,(H,23,24);4-6H,1-3H2,(H2,11,12);(H,6,7)/t15-;;/m0../s1. The summed E-state index contributed by atoms with van der Waals surface area (Å²) in [6.45, 7) is 2.94. The van der Waals surface area contributed by atoms with Gasteiger partial charge in [-0.2, -0.15) is 13.2 Å². The maximum atomic E-state index is 12.8. The molecule has 1 aliphatic carbocycles. The summed E-state index contributed by atoms with van der Waals surface area (Å²) in [6, 6.07) is 10.5. The van der Waals surface area contributed by atoms with E-state index in [-0.39, 0.29) is 24.1 Å². The lowest BCUT2D eigenvalue weighted by Gasteiger charge is -2.37. The topological polar surface area (TPSA) is 193 Å². The number of hydrogen-bond donors (Lipinski definition) is 5. The quantitative estimate of drug-likeness (QED) is 0.232. The van der Waals surface area contributed by atoms with Gasteiger partial charge in [0.15, 0.2) is 11.8 Å². The summed E-state index contributed by atoms with van der Waals surface area (Å²) in [5, 5.41) is 19.9. The zero-order chi connectivity index (χ0) is 32.3. The fourth-order valence-electron chi connectivity index (χ4n) is 4.83. The van der Waals surface area contributed by atoms with Crippen LogP contribution in [-0.4, -0.2) is 76.0 Å². The Morgan fingerprint density at radius 3 is 2.09 bits per heavy atom. The van der Waals surface area contributed by atoms with Gasteiger partial charge in [-0.25, -0.2) is 9.59 Å². The van der Waals surface area contributed by atoms with Crippen LogP contribution in [0.15, 0.2) is 42.5 Å². The molecule has 2 aromatic carbocycles. The molecule has 14 heteroatoms. The molecule has 1 fully saturated rings. The van der Waals surface area contributed by atoms with Gasteiger partial charge in [-0.3, -0.25) is 14.4 Å². The fourth-order valence-corrected chi connectivity index (χ4v) is 4.83. The average molecular weight is 609 g/mol. The van der Waals surface area contributed by atoms with Gasteiger partial charge < -0.3 is 31.9 Å². The van der Waals surface area contributed by atoms with Crippen LogP contribution < -0.4 is 16.8 Å². The Morgan fingerprint density at radius 1 is 0.977 bits per heavy atom. The van der Waals surface area contributed by atoms with Crippen molar-refractivity contribution in [2.24, 2.45) is 11.5 Å². The van der Waals surface area contributed by atoms with Crippen LogP contribution in [0.2, 0.25) is 0 Å². The molecule has 0 saturated carbocycles. The van der Waals surface area contributed by atoms with Gasteiger partial charge in [0.2, 0.25) is 11.8 Å². The first kappa shape index (κ1) is 34.9. The van der Waals surface area contributed by atoms with Crippen molar-refractivity contribution in [2.45, 2.75) is 63.8 Å². The molecule has 2 aromatic rings. The van der Waals surface area contributed by atoms with Crippen LogP contribution in [0, 0.1) is 0 Å². The van der Waals surface area contributed by atoms with Crippen molar-refractivity contribution in [3.63, 3.8) is 0 Å². The van der Waals surface area contributed by atoms with E-state index in [1.165, 1.54) is 29.4 Å². The number of alkyl halides is 3. The normalized spacial score (nSPS) is 15.0. The number of carboxylic acids is 2. The third-order valence-electron chi connectivity index (χ3n) is 6.90. The largest absolute Gasteiger partial charge is 0.490 e. The van der Waals surface area contributed by atoms with E-state index in [1.807, 2.05) is 18.2 Å². The summed E-state index contributed by atoms with van der Waals surface area (Å²) in [5.74, 6) is -5.40. The lowest BCUT2D eigenvalue weighted by Crippen LogP contribution is -2.56. The maximum Gasteiger partial charge on any atom is 0.490 e. The number of Topliss-reactive ketones (excluding diaryl/α,β-unsaturated/α-hetero) is 1. The number of fused-ring (bicyclic) bond motifs is 1. The average Bonchev–Trinajstić information content (AvgIpc) is 3.44. The summed E-state index contributed by atoms with van der Waals surface area (Å²) in [7, 11) is 0.